The Morgan fingerprint density at radius 3 is 2.79 bits per heavy atom. The summed E-state index contributed by atoms with van der Waals surface area (Å²) in [5.74, 6) is 0.365. The summed E-state index contributed by atoms with van der Waals surface area (Å²) >= 11 is 0. The van der Waals surface area contributed by atoms with Crippen molar-refractivity contribution in [3.8, 4) is 0 Å². The maximum Gasteiger partial charge on any atom is 0.254 e. The molecule has 1 aliphatic heterocycles. The Labute approximate surface area is 113 Å². The molecule has 0 aromatic carbocycles. The molecule has 1 aromatic rings. The van der Waals surface area contributed by atoms with E-state index in [0.29, 0.717) is 24.5 Å². The largest absolute Gasteiger partial charge is 0.384 e. The zero-order valence-electron chi connectivity index (χ0n) is 11.9. The summed E-state index contributed by atoms with van der Waals surface area (Å²) in [7, 11) is 0. The van der Waals surface area contributed by atoms with E-state index in [2.05, 4.69) is 4.98 Å². The van der Waals surface area contributed by atoms with Gasteiger partial charge in [-0.25, -0.2) is 4.98 Å². The van der Waals surface area contributed by atoms with Gasteiger partial charge in [0.05, 0.1) is 11.7 Å². The number of aromatic nitrogens is 1. The minimum Gasteiger partial charge on any atom is -0.384 e. The number of amides is 1. The first kappa shape index (κ1) is 13.8. The van der Waals surface area contributed by atoms with Crippen LogP contribution in [0.5, 0.6) is 0 Å². The minimum atomic E-state index is -0.319. The number of ether oxygens (including phenoxy) is 1. The Hall–Kier alpha value is -1.62. The van der Waals surface area contributed by atoms with E-state index in [1.165, 1.54) is 0 Å². The van der Waals surface area contributed by atoms with Gasteiger partial charge in [0.1, 0.15) is 5.82 Å². The van der Waals surface area contributed by atoms with E-state index >= 15 is 0 Å². The third-order valence-corrected chi connectivity index (χ3v) is 3.08. The molecule has 1 saturated heterocycles. The molecule has 0 aliphatic carbocycles. The molecule has 0 radical (unpaired) electrons. The van der Waals surface area contributed by atoms with Crippen LogP contribution in [0.2, 0.25) is 0 Å². The fourth-order valence-electron chi connectivity index (χ4n) is 2.61. The number of anilines is 1. The van der Waals surface area contributed by atoms with Crippen LogP contribution in [0.15, 0.2) is 12.1 Å². The molecular weight excluding hydrogens is 242 g/mol. The van der Waals surface area contributed by atoms with Crippen LogP contribution in [0.3, 0.4) is 0 Å². The van der Waals surface area contributed by atoms with Crippen molar-refractivity contribution in [2.24, 2.45) is 0 Å². The first-order valence-corrected chi connectivity index (χ1v) is 6.48. The Bertz CT molecular complexity index is 479. The van der Waals surface area contributed by atoms with Crippen LogP contribution in [-0.2, 0) is 4.74 Å². The lowest BCUT2D eigenvalue weighted by Gasteiger charge is -2.41. The SMILES string of the molecule is Cc1cc(C(=O)N2CC(C)OC(C)(C)C2)cc(N)n1. The van der Waals surface area contributed by atoms with Crippen LogP contribution < -0.4 is 5.73 Å². The molecule has 1 amide bonds. The van der Waals surface area contributed by atoms with Crippen LogP contribution in [0.4, 0.5) is 5.82 Å². The molecule has 0 bridgehead atoms. The van der Waals surface area contributed by atoms with Gasteiger partial charge in [-0.1, -0.05) is 0 Å². The van der Waals surface area contributed by atoms with E-state index in [4.69, 9.17) is 10.5 Å². The lowest BCUT2D eigenvalue weighted by Crippen LogP contribution is -2.53. The first-order valence-electron chi connectivity index (χ1n) is 6.48. The van der Waals surface area contributed by atoms with Crippen molar-refractivity contribution >= 4 is 11.7 Å². The number of rotatable bonds is 1. The molecule has 2 N–H and O–H groups in total. The fraction of sp³-hybridized carbons (Fsp3) is 0.571. The highest BCUT2D eigenvalue weighted by Crippen LogP contribution is 2.22. The topological polar surface area (TPSA) is 68.5 Å². The number of pyridine rings is 1. The van der Waals surface area contributed by atoms with Gasteiger partial charge < -0.3 is 15.4 Å². The Balaban J connectivity index is 2.23. The van der Waals surface area contributed by atoms with Gasteiger partial charge in [0.25, 0.3) is 5.91 Å². The molecule has 1 fully saturated rings. The lowest BCUT2D eigenvalue weighted by atomic mass is 10.0. The summed E-state index contributed by atoms with van der Waals surface area (Å²) in [5, 5.41) is 0. The Morgan fingerprint density at radius 1 is 1.53 bits per heavy atom. The molecule has 0 saturated carbocycles. The minimum absolute atomic E-state index is 0.0135. The highest BCUT2D eigenvalue weighted by Gasteiger charge is 2.34. The molecule has 1 aromatic heterocycles. The third kappa shape index (κ3) is 3.23. The number of nitrogens with two attached hydrogens (primary N) is 1. The van der Waals surface area contributed by atoms with Crippen LogP contribution in [0.25, 0.3) is 0 Å². The van der Waals surface area contributed by atoms with Crippen molar-refractivity contribution in [3.63, 3.8) is 0 Å². The monoisotopic (exact) mass is 263 g/mol. The maximum absolute atomic E-state index is 12.5. The highest BCUT2D eigenvalue weighted by molar-refractivity contribution is 5.95. The number of aryl methyl sites for hydroxylation is 1. The zero-order chi connectivity index (χ0) is 14.2. The molecule has 1 aliphatic rings. The van der Waals surface area contributed by atoms with Crippen LogP contribution in [0, 0.1) is 6.92 Å². The highest BCUT2D eigenvalue weighted by atomic mass is 16.5. The second-order valence-electron chi connectivity index (χ2n) is 5.80. The number of carbonyl (C=O) groups is 1. The van der Waals surface area contributed by atoms with Crippen molar-refractivity contribution in [3.05, 3.63) is 23.4 Å². The van der Waals surface area contributed by atoms with E-state index in [9.17, 15) is 4.79 Å². The summed E-state index contributed by atoms with van der Waals surface area (Å²) in [5.41, 5.74) is 6.73. The summed E-state index contributed by atoms with van der Waals surface area (Å²) in [6, 6.07) is 3.40. The summed E-state index contributed by atoms with van der Waals surface area (Å²) < 4.78 is 5.81. The molecule has 1 atom stereocenters. The van der Waals surface area contributed by atoms with E-state index in [1.54, 1.807) is 12.1 Å². The molecule has 104 valence electrons. The van der Waals surface area contributed by atoms with E-state index in [-0.39, 0.29) is 17.6 Å². The van der Waals surface area contributed by atoms with Gasteiger partial charge in [-0.3, -0.25) is 4.79 Å². The summed E-state index contributed by atoms with van der Waals surface area (Å²) in [4.78, 5) is 18.4. The summed E-state index contributed by atoms with van der Waals surface area (Å²) in [6.07, 6.45) is 0.0352. The average molecular weight is 263 g/mol. The molecule has 0 spiro atoms. The third-order valence-electron chi connectivity index (χ3n) is 3.08. The van der Waals surface area contributed by atoms with Crippen LogP contribution in [-0.4, -0.2) is 40.6 Å². The predicted octanol–water partition coefficient (Wildman–Crippen LogP) is 1.61. The van der Waals surface area contributed by atoms with Crippen LogP contribution in [0.1, 0.15) is 36.8 Å². The van der Waals surface area contributed by atoms with Crippen molar-refractivity contribution in [2.45, 2.75) is 39.4 Å². The number of nitrogen functional groups attached to an aromatic ring is 1. The number of morpholine rings is 1. The standard InChI is InChI=1S/C14H21N3O2/c1-9-5-11(6-12(15)16-9)13(18)17-7-10(2)19-14(3,4)8-17/h5-6,10H,7-8H2,1-4H3,(H2,15,16). The van der Waals surface area contributed by atoms with Gasteiger partial charge in [0.2, 0.25) is 0 Å². The fourth-order valence-corrected chi connectivity index (χ4v) is 2.61. The van der Waals surface area contributed by atoms with Gasteiger partial charge >= 0.3 is 0 Å². The summed E-state index contributed by atoms with van der Waals surface area (Å²) in [6.45, 7) is 8.98. The molecular formula is C14H21N3O2. The molecule has 1 unspecified atom stereocenters. The number of hydrogen-bond donors (Lipinski definition) is 1. The van der Waals surface area contributed by atoms with Crippen LogP contribution >= 0.6 is 0 Å². The number of nitrogens with zero attached hydrogens (tertiary/aromatic N) is 2. The van der Waals surface area contributed by atoms with Crippen molar-refractivity contribution in [2.75, 3.05) is 18.8 Å². The lowest BCUT2D eigenvalue weighted by molar-refractivity contribution is -0.118. The second kappa shape index (κ2) is 4.81. The second-order valence-corrected chi connectivity index (χ2v) is 5.80. The molecule has 5 nitrogen and oxygen atoms in total. The van der Waals surface area contributed by atoms with E-state index < -0.39 is 0 Å². The molecule has 2 heterocycles. The van der Waals surface area contributed by atoms with Gasteiger partial charge in [0, 0.05) is 24.3 Å². The van der Waals surface area contributed by atoms with Crippen molar-refractivity contribution < 1.29 is 9.53 Å². The van der Waals surface area contributed by atoms with Gasteiger partial charge in [-0.05, 0) is 39.8 Å². The maximum atomic E-state index is 12.5. The molecule has 19 heavy (non-hydrogen) atoms. The smallest absolute Gasteiger partial charge is 0.254 e. The predicted molar refractivity (Wildman–Crippen MR) is 73.9 cm³/mol. The van der Waals surface area contributed by atoms with Crippen molar-refractivity contribution in [1.82, 2.24) is 9.88 Å². The zero-order valence-corrected chi connectivity index (χ0v) is 11.9. The average Bonchev–Trinajstić information content (AvgIpc) is 2.23. The quantitative estimate of drug-likeness (QED) is 0.836. The molecule has 5 heteroatoms. The van der Waals surface area contributed by atoms with Gasteiger partial charge in [-0.15, -0.1) is 0 Å². The number of hydrogen-bond acceptors (Lipinski definition) is 4. The van der Waals surface area contributed by atoms with E-state index in [0.717, 1.165) is 5.69 Å². The Kier molecular flexibility index (Phi) is 3.49. The first-order chi connectivity index (χ1) is 8.77. The van der Waals surface area contributed by atoms with Crippen molar-refractivity contribution in [1.29, 1.82) is 0 Å². The molecule has 2 rings (SSSR count). The van der Waals surface area contributed by atoms with E-state index in [1.807, 2.05) is 32.6 Å². The van der Waals surface area contributed by atoms with Gasteiger partial charge in [-0.2, -0.15) is 0 Å². The Morgan fingerprint density at radius 2 is 2.21 bits per heavy atom. The number of carbonyl (C=O) groups excluding carboxylic acids is 1. The normalized spacial score (nSPS) is 22.3. The van der Waals surface area contributed by atoms with Gasteiger partial charge in [0.15, 0.2) is 0 Å².